The zero-order valence-electron chi connectivity index (χ0n) is 19.8. The fourth-order valence-electron chi connectivity index (χ4n) is 4.32. The van der Waals surface area contributed by atoms with E-state index >= 15 is 0 Å². The maximum Gasteiger partial charge on any atom is 0.224 e. The first-order valence-corrected chi connectivity index (χ1v) is 11.8. The number of carbonyl (C=O) groups is 1. The van der Waals surface area contributed by atoms with Gasteiger partial charge in [0.1, 0.15) is 0 Å². The molecular weight excluding hydrogens is 410 g/mol. The van der Waals surface area contributed by atoms with Crippen molar-refractivity contribution in [3.63, 3.8) is 0 Å². The molecule has 0 radical (unpaired) electrons. The lowest BCUT2D eigenvalue weighted by molar-refractivity contribution is -0.115. The predicted octanol–water partition coefficient (Wildman–Crippen LogP) is 4.93. The second-order valence-electron chi connectivity index (χ2n) is 8.87. The van der Waals surface area contributed by atoms with Crippen LogP contribution in [0.2, 0.25) is 0 Å². The zero-order valence-corrected chi connectivity index (χ0v) is 19.8. The number of unbranched alkanes of at least 4 members (excludes halogenated alkanes) is 1. The molecule has 1 unspecified atom stereocenters. The molecule has 0 saturated carbocycles. The molecule has 1 aliphatic carbocycles. The molecule has 0 aliphatic heterocycles. The number of anilines is 2. The molecule has 0 fully saturated rings. The van der Waals surface area contributed by atoms with Gasteiger partial charge in [-0.3, -0.25) is 4.79 Å². The number of aromatic nitrogens is 2. The minimum atomic E-state index is 0.0268. The molecule has 172 valence electrons. The van der Waals surface area contributed by atoms with E-state index < -0.39 is 0 Å². The number of benzene rings is 2. The molecule has 3 aromatic rings. The maximum absolute atomic E-state index is 11.7. The summed E-state index contributed by atoms with van der Waals surface area (Å²) >= 11 is 0. The Morgan fingerprint density at radius 1 is 1.09 bits per heavy atom. The van der Waals surface area contributed by atoms with Gasteiger partial charge in [-0.15, -0.1) is 0 Å². The quantitative estimate of drug-likeness (QED) is 0.459. The van der Waals surface area contributed by atoms with Gasteiger partial charge in [0.2, 0.25) is 11.9 Å². The molecule has 2 N–H and O–H groups in total. The van der Waals surface area contributed by atoms with Gasteiger partial charge in [0, 0.05) is 36.3 Å². The van der Waals surface area contributed by atoms with Crippen LogP contribution < -0.4 is 10.6 Å². The van der Waals surface area contributed by atoms with Crippen molar-refractivity contribution in [2.45, 2.75) is 38.5 Å². The summed E-state index contributed by atoms with van der Waals surface area (Å²) in [6, 6.07) is 16.7. The first-order valence-electron chi connectivity index (χ1n) is 11.8. The molecule has 1 aromatic heterocycles. The number of nitrogens with zero attached hydrogens (tertiary/aromatic N) is 3. The minimum absolute atomic E-state index is 0.0268. The molecule has 0 saturated heterocycles. The topological polar surface area (TPSA) is 70.2 Å². The number of hydrogen-bond donors (Lipinski definition) is 2. The lowest BCUT2D eigenvalue weighted by Gasteiger charge is -2.27. The molecular formula is C27H33N5O. The van der Waals surface area contributed by atoms with Crippen LogP contribution in [0.3, 0.4) is 0 Å². The third-order valence-corrected chi connectivity index (χ3v) is 6.11. The van der Waals surface area contributed by atoms with Gasteiger partial charge in [0.15, 0.2) is 0 Å². The maximum atomic E-state index is 11.7. The third kappa shape index (κ3) is 5.57. The zero-order chi connectivity index (χ0) is 23.2. The SMILES string of the molecule is CCC(=O)Nc1ccc(C2Cc3cnc(NCCCCN(C)C)nc3-c3ccccc32)cc1. The molecule has 1 heterocycles. The van der Waals surface area contributed by atoms with E-state index in [1.54, 1.807) is 0 Å². The second kappa shape index (κ2) is 10.6. The van der Waals surface area contributed by atoms with E-state index in [2.05, 4.69) is 71.0 Å². The molecule has 4 rings (SSSR count). The van der Waals surface area contributed by atoms with E-state index in [4.69, 9.17) is 4.98 Å². The van der Waals surface area contributed by atoms with Gasteiger partial charge < -0.3 is 15.5 Å². The number of hydrogen-bond acceptors (Lipinski definition) is 5. The largest absolute Gasteiger partial charge is 0.354 e. The summed E-state index contributed by atoms with van der Waals surface area (Å²) < 4.78 is 0. The van der Waals surface area contributed by atoms with Crippen molar-refractivity contribution < 1.29 is 4.79 Å². The van der Waals surface area contributed by atoms with Crippen molar-refractivity contribution in [3.05, 3.63) is 71.4 Å². The Labute approximate surface area is 196 Å². The average molecular weight is 444 g/mol. The average Bonchev–Trinajstić information content (AvgIpc) is 2.83. The molecule has 2 aromatic carbocycles. The summed E-state index contributed by atoms with van der Waals surface area (Å²) in [6.45, 7) is 3.82. The Bertz CT molecular complexity index is 1090. The van der Waals surface area contributed by atoms with Gasteiger partial charge in [-0.05, 0) is 68.7 Å². The number of rotatable bonds is 9. The summed E-state index contributed by atoms with van der Waals surface area (Å²) in [7, 11) is 4.20. The molecule has 1 atom stereocenters. The lowest BCUT2D eigenvalue weighted by Crippen LogP contribution is -2.16. The van der Waals surface area contributed by atoms with E-state index in [9.17, 15) is 4.79 Å². The Balaban J connectivity index is 1.52. The Kier molecular flexibility index (Phi) is 7.35. The van der Waals surface area contributed by atoms with Crippen LogP contribution in [0.25, 0.3) is 11.3 Å². The van der Waals surface area contributed by atoms with Crippen LogP contribution in [0, 0.1) is 0 Å². The lowest BCUT2D eigenvalue weighted by atomic mass is 9.78. The van der Waals surface area contributed by atoms with Gasteiger partial charge in [-0.25, -0.2) is 9.97 Å². The van der Waals surface area contributed by atoms with Crippen LogP contribution in [-0.4, -0.2) is 48.0 Å². The molecule has 6 heteroatoms. The number of nitrogens with one attached hydrogen (secondary N) is 2. The first kappa shape index (κ1) is 22.9. The van der Waals surface area contributed by atoms with E-state index in [1.807, 2.05) is 25.3 Å². The van der Waals surface area contributed by atoms with E-state index in [0.717, 1.165) is 43.7 Å². The van der Waals surface area contributed by atoms with Gasteiger partial charge in [-0.2, -0.15) is 0 Å². The summed E-state index contributed by atoms with van der Waals surface area (Å²) in [5.41, 5.74) is 6.71. The van der Waals surface area contributed by atoms with Crippen LogP contribution >= 0.6 is 0 Å². The summed E-state index contributed by atoms with van der Waals surface area (Å²) in [6.07, 6.45) is 5.54. The Morgan fingerprint density at radius 2 is 1.88 bits per heavy atom. The number of carbonyl (C=O) groups excluding carboxylic acids is 1. The second-order valence-corrected chi connectivity index (χ2v) is 8.87. The minimum Gasteiger partial charge on any atom is -0.354 e. The van der Waals surface area contributed by atoms with Gasteiger partial charge in [0.05, 0.1) is 5.69 Å². The van der Waals surface area contributed by atoms with E-state index in [1.165, 1.54) is 22.3 Å². The fraction of sp³-hybridized carbons (Fsp3) is 0.370. The van der Waals surface area contributed by atoms with Crippen LogP contribution in [0.5, 0.6) is 0 Å². The highest BCUT2D eigenvalue weighted by Crippen LogP contribution is 2.42. The summed E-state index contributed by atoms with van der Waals surface area (Å²) in [4.78, 5) is 23.4. The summed E-state index contributed by atoms with van der Waals surface area (Å²) in [5.74, 6) is 0.958. The molecule has 6 nitrogen and oxygen atoms in total. The normalized spacial score (nSPS) is 14.5. The predicted molar refractivity (Wildman–Crippen MR) is 135 cm³/mol. The highest BCUT2D eigenvalue weighted by atomic mass is 16.1. The van der Waals surface area contributed by atoms with Crippen LogP contribution in [0.4, 0.5) is 11.6 Å². The van der Waals surface area contributed by atoms with Crippen LogP contribution in [0.15, 0.2) is 54.7 Å². The molecule has 0 spiro atoms. The highest BCUT2D eigenvalue weighted by molar-refractivity contribution is 5.90. The fourth-order valence-corrected chi connectivity index (χ4v) is 4.32. The molecule has 1 aliphatic rings. The first-order chi connectivity index (χ1) is 16.0. The third-order valence-electron chi connectivity index (χ3n) is 6.11. The standard InChI is InChI=1S/C27H33N5O/c1-4-25(33)30-21-13-11-19(12-14-21)24-17-20-18-29-27(28-15-7-8-16-32(2)3)31-26(20)23-10-6-5-9-22(23)24/h5-6,9-14,18,24H,4,7-8,15-17H2,1-3H3,(H,30,33)(H,28,29,31). The van der Waals surface area contributed by atoms with Gasteiger partial charge in [0.25, 0.3) is 0 Å². The van der Waals surface area contributed by atoms with Crippen molar-refractivity contribution in [1.82, 2.24) is 14.9 Å². The van der Waals surface area contributed by atoms with E-state index in [-0.39, 0.29) is 11.8 Å². The van der Waals surface area contributed by atoms with E-state index in [0.29, 0.717) is 12.4 Å². The Hall–Kier alpha value is -3.25. The van der Waals surface area contributed by atoms with Crippen molar-refractivity contribution in [1.29, 1.82) is 0 Å². The highest BCUT2D eigenvalue weighted by Gasteiger charge is 2.27. The molecule has 33 heavy (non-hydrogen) atoms. The van der Waals surface area contributed by atoms with Crippen molar-refractivity contribution in [2.24, 2.45) is 0 Å². The molecule has 1 amide bonds. The smallest absolute Gasteiger partial charge is 0.224 e. The number of fused-ring (bicyclic) bond motifs is 3. The monoisotopic (exact) mass is 443 g/mol. The Morgan fingerprint density at radius 3 is 2.64 bits per heavy atom. The summed E-state index contributed by atoms with van der Waals surface area (Å²) in [5, 5.41) is 6.32. The van der Waals surface area contributed by atoms with Crippen LogP contribution in [0.1, 0.15) is 48.8 Å². The van der Waals surface area contributed by atoms with Gasteiger partial charge >= 0.3 is 0 Å². The van der Waals surface area contributed by atoms with Crippen molar-refractivity contribution in [2.75, 3.05) is 37.8 Å². The van der Waals surface area contributed by atoms with Gasteiger partial charge in [-0.1, -0.05) is 43.3 Å². The van der Waals surface area contributed by atoms with Crippen LogP contribution in [-0.2, 0) is 11.2 Å². The van der Waals surface area contributed by atoms with Crippen molar-refractivity contribution in [3.8, 4) is 11.3 Å². The van der Waals surface area contributed by atoms with Crippen molar-refractivity contribution >= 4 is 17.5 Å². The number of amides is 1. The molecule has 0 bridgehead atoms.